The molecule has 0 bridgehead atoms. The SMILES string of the molecule is CCC(C)(NC(=O)c1ccc2ccccc2c1OCc1ccc(C(F)(F)F)c(F)c1F)C(=O)O. The number of rotatable bonds is 7. The zero-order chi connectivity index (χ0) is 25.3. The number of alkyl halides is 3. The van der Waals surface area contributed by atoms with Gasteiger partial charge < -0.3 is 15.2 Å². The molecule has 5 nitrogen and oxygen atoms in total. The zero-order valence-electron chi connectivity index (χ0n) is 18.1. The largest absolute Gasteiger partial charge is 0.487 e. The van der Waals surface area contributed by atoms with Gasteiger partial charge in [-0.1, -0.05) is 43.3 Å². The van der Waals surface area contributed by atoms with Crippen LogP contribution in [-0.2, 0) is 17.6 Å². The Morgan fingerprint density at radius 1 is 1.00 bits per heavy atom. The molecular weight excluding hydrogens is 461 g/mol. The van der Waals surface area contributed by atoms with Gasteiger partial charge in [0.05, 0.1) is 11.1 Å². The molecule has 3 rings (SSSR count). The lowest BCUT2D eigenvalue weighted by atomic mass is 9.97. The Bertz CT molecular complexity index is 1260. The highest BCUT2D eigenvalue weighted by molar-refractivity contribution is 6.05. The molecule has 1 amide bonds. The molecule has 10 heteroatoms. The maximum absolute atomic E-state index is 14.3. The fraction of sp³-hybridized carbons (Fsp3) is 0.250. The number of carboxylic acids is 1. The van der Waals surface area contributed by atoms with E-state index >= 15 is 0 Å². The molecule has 180 valence electrons. The van der Waals surface area contributed by atoms with E-state index in [0.717, 1.165) is 6.07 Å². The van der Waals surface area contributed by atoms with Crippen molar-refractivity contribution in [1.82, 2.24) is 5.32 Å². The number of nitrogens with one attached hydrogen (secondary N) is 1. The third-order valence-corrected chi connectivity index (χ3v) is 5.53. The van der Waals surface area contributed by atoms with E-state index in [1.807, 2.05) is 0 Å². The van der Waals surface area contributed by atoms with Crippen molar-refractivity contribution >= 4 is 22.6 Å². The summed E-state index contributed by atoms with van der Waals surface area (Å²) < 4.78 is 72.4. The maximum atomic E-state index is 14.3. The smallest absolute Gasteiger partial charge is 0.419 e. The highest BCUT2D eigenvalue weighted by Gasteiger charge is 2.36. The fourth-order valence-electron chi connectivity index (χ4n) is 3.26. The van der Waals surface area contributed by atoms with E-state index in [4.69, 9.17) is 4.74 Å². The van der Waals surface area contributed by atoms with Crippen LogP contribution in [0.2, 0.25) is 0 Å². The lowest BCUT2D eigenvalue weighted by molar-refractivity contribution is -0.144. The quantitative estimate of drug-likeness (QED) is 0.425. The van der Waals surface area contributed by atoms with E-state index in [1.54, 1.807) is 37.3 Å². The average molecular weight is 481 g/mol. The lowest BCUT2D eigenvalue weighted by Gasteiger charge is -2.25. The van der Waals surface area contributed by atoms with E-state index in [-0.39, 0.29) is 17.7 Å². The van der Waals surface area contributed by atoms with Crippen molar-refractivity contribution in [3.8, 4) is 5.75 Å². The third kappa shape index (κ3) is 4.80. The van der Waals surface area contributed by atoms with Crippen LogP contribution < -0.4 is 10.1 Å². The van der Waals surface area contributed by atoms with E-state index in [0.29, 0.717) is 16.8 Å². The molecule has 1 atom stereocenters. The van der Waals surface area contributed by atoms with Gasteiger partial charge >= 0.3 is 12.1 Å². The van der Waals surface area contributed by atoms with Crippen molar-refractivity contribution in [3.05, 3.63) is 76.9 Å². The maximum Gasteiger partial charge on any atom is 0.419 e. The van der Waals surface area contributed by atoms with Crippen LogP contribution in [0.25, 0.3) is 10.8 Å². The van der Waals surface area contributed by atoms with Crippen LogP contribution in [0, 0.1) is 11.6 Å². The molecule has 0 saturated heterocycles. The number of hydrogen-bond acceptors (Lipinski definition) is 3. The van der Waals surface area contributed by atoms with E-state index in [2.05, 4.69) is 5.32 Å². The van der Waals surface area contributed by atoms with Gasteiger partial charge in [-0.3, -0.25) is 4.79 Å². The van der Waals surface area contributed by atoms with Crippen molar-refractivity contribution in [1.29, 1.82) is 0 Å². The van der Waals surface area contributed by atoms with Gasteiger partial charge in [0, 0.05) is 10.9 Å². The molecule has 0 spiro atoms. The predicted molar refractivity (Wildman–Crippen MR) is 113 cm³/mol. The second-order valence-electron chi connectivity index (χ2n) is 7.79. The van der Waals surface area contributed by atoms with Gasteiger partial charge in [0.25, 0.3) is 5.91 Å². The first-order chi connectivity index (χ1) is 15.9. The number of fused-ring (bicyclic) bond motifs is 1. The van der Waals surface area contributed by atoms with Gasteiger partial charge in [0.2, 0.25) is 0 Å². The Kier molecular flexibility index (Phi) is 6.81. The molecule has 0 aliphatic rings. The number of ether oxygens (including phenoxy) is 1. The van der Waals surface area contributed by atoms with Crippen LogP contribution in [0.15, 0.2) is 48.5 Å². The zero-order valence-corrected chi connectivity index (χ0v) is 18.1. The van der Waals surface area contributed by atoms with Crippen molar-refractivity contribution in [3.63, 3.8) is 0 Å². The van der Waals surface area contributed by atoms with E-state index in [9.17, 15) is 36.6 Å². The summed E-state index contributed by atoms with van der Waals surface area (Å²) in [7, 11) is 0. The molecule has 0 radical (unpaired) electrons. The third-order valence-electron chi connectivity index (χ3n) is 5.53. The second kappa shape index (κ2) is 9.28. The predicted octanol–water partition coefficient (Wildman–Crippen LogP) is 5.70. The average Bonchev–Trinajstić information content (AvgIpc) is 2.78. The monoisotopic (exact) mass is 481 g/mol. The topological polar surface area (TPSA) is 75.6 Å². The number of carbonyl (C=O) groups is 2. The van der Waals surface area contributed by atoms with Crippen LogP contribution in [-0.4, -0.2) is 22.5 Å². The van der Waals surface area contributed by atoms with Gasteiger partial charge in [0.15, 0.2) is 11.6 Å². The van der Waals surface area contributed by atoms with Crippen LogP contribution in [0.5, 0.6) is 5.75 Å². The molecule has 0 saturated carbocycles. The molecule has 2 N–H and O–H groups in total. The Morgan fingerprint density at radius 3 is 2.29 bits per heavy atom. The minimum Gasteiger partial charge on any atom is -0.487 e. The molecule has 3 aromatic rings. The summed E-state index contributed by atoms with van der Waals surface area (Å²) in [5, 5.41) is 12.9. The van der Waals surface area contributed by atoms with Crippen molar-refractivity contribution < 1.29 is 41.4 Å². The van der Waals surface area contributed by atoms with Crippen molar-refractivity contribution in [2.45, 2.75) is 38.6 Å². The van der Waals surface area contributed by atoms with Gasteiger partial charge in [0.1, 0.15) is 17.9 Å². The number of carboxylic acid groups (broad SMARTS) is 1. The standard InChI is InChI=1S/C24H20F5NO4/c1-3-23(2,22(32)33)30-21(31)16-10-8-13-6-4-5-7-15(13)20(16)34-12-14-9-11-17(24(27,28)29)19(26)18(14)25/h4-11H,3,12H2,1-2H3,(H,30,31)(H,32,33). The molecule has 0 heterocycles. The molecule has 34 heavy (non-hydrogen) atoms. The Morgan fingerprint density at radius 2 is 1.68 bits per heavy atom. The normalized spacial score (nSPS) is 13.4. The number of halogens is 5. The summed E-state index contributed by atoms with van der Waals surface area (Å²) in [4.78, 5) is 24.6. The van der Waals surface area contributed by atoms with Crippen LogP contribution >= 0.6 is 0 Å². The number of carbonyl (C=O) groups excluding carboxylic acids is 1. The van der Waals surface area contributed by atoms with Gasteiger partial charge in [-0.25, -0.2) is 13.6 Å². The summed E-state index contributed by atoms with van der Waals surface area (Å²) in [5.41, 5.74) is -3.89. The lowest BCUT2D eigenvalue weighted by Crippen LogP contribution is -2.51. The van der Waals surface area contributed by atoms with E-state index in [1.165, 1.54) is 13.0 Å². The molecule has 3 aromatic carbocycles. The second-order valence-corrected chi connectivity index (χ2v) is 7.79. The van der Waals surface area contributed by atoms with Crippen LogP contribution in [0.3, 0.4) is 0 Å². The number of amides is 1. The molecule has 1 unspecified atom stereocenters. The molecule has 0 fully saturated rings. The fourth-order valence-corrected chi connectivity index (χ4v) is 3.26. The summed E-state index contributed by atoms with van der Waals surface area (Å²) in [6, 6.07) is 10.8. The first kappa shape index (κ1) is 24.9. The number of benzene rings is 3. The Balaban J connectivity index is 2.01. The Hall–Kier alpha value is -3.69. The molecule has 0 aliphatic heterocycles. The minimum atomic E-state index is -5.07. The van der Waals surface area contributed by atoms with Crippen LogP contribution in [0.4, 0.5) is 22.0 Å². The summed E-state index contributed by atoms with van der Waals surface area (Å²) in [5.74, 6) is -5.87. The van der Waals surface area contributed by atoms with Gasteiger partial charge in [-0.15, -0.1) is 0 Å². The highest BCUT2D eigenvalue weighted by atomic mass is 19.4. The van der Waals surface area contributed by atoms with Crippen molar-refractivity contribution in [2.75, 3.05) is 0 Å². The first-order valence-corrected chi connectivity index (χ1v) is 10.1. The molecule has 0 aromatic heterocycles. The minimum absolute atomic E-state index is 0.0563. The molecule has 0 aliphatic carbocycles. The molecular formula is C24H20F5NO4. The van der Waals surface area contributed by atoms with E-state index < -0.39 is 53.0 Å². The first-order valence-electron chi connectivity index (χ1n) is 10.1. The van der Waals surface area contributed by atoms with Gasteiger partial charge in [-0.2, -0.15) is 13.2 Å². The highest BCUT2D eigenvalue weighted by Crippen LogP contribution is 2.35. The Labute approximate surface area is 191 Å². The number of hydrogen-bond donors (Lipinski definition) is 2. The van der Waals surface area contributed by atoms with Gasteiger partial charge in [-0.05, 0) is 30.9 Å². The number of aliphatic carboxylic acids is 1. The summed E-state index contributed by atoms with van der Waals surface area (Å²) >= 11 is 0. The van der Waals surface area contributed by atoms with Crippen molar-refractivity contribution in [2.24, 2.45) is 0 Å². The van der Waals surface area contributed by atoms with Crippen LogP contribution in [0.1, 0.15) is 41.8 Å². The summed E-state index contributed by atoms with van der Waals surface area (Å²) in [6.45, 7) is 2.22. The summed E-state index contributed by atoms with van der Waals surface area (Å²) in [6.07, 6.45) is -4.99.